The van der Waals surface area contributed by atoms with Gasteiger partial charge in [-0.3, -0.25) is 0 Å². The number of halogens is 1. The zero-order valence-corrected chi connectivity index (χ0v) is 11.2. The summed E-state index contributed by atoms with van der Waals surface area (Å²) in [6, 6.07) is 0. The molecule has 0 spiro atoms. The molecule has 0 aliphatic heterocycles. The smallest absolute Gasteiger partial charge is 0.155 e. The van der Waals surface area contributed by atoms with Crippen LogP contribution in [0.25, 0.3) is 0 Å². The van der Waals surface area contributed by atoms with Crippen LogP contribution in [0, 0.1) is 13.8 Å². The average molecular weight is 260 g/mol. The molecule has 17 heavy (non-hydrogen) atoms. The van der Waals surface area contributed by atoms with Gasteiger partial charge in [0.1, 0.15) is 0 Å². The van der Waals surface area contributed by atoms with Crippen LogP contribution in [-0.4, -0.2) is 48.7 Å². The van der Waals surface area contributed by atoms with Crippen LogP contribution in [0.3, 0.4) is 0 Å². The maximum Gasteiger partial charge on any atom is 0.155 e. The molecule has 0 aliphatic rings. The van der Waals surface area contributed by atoms with Crippen molar-refractivity contribution in [3.05, 3.63) is 16.3 Å². The van der Waals surface area contributed by atoms with Crippen LogP contribution in [0.15, 0.2) is 0 Å². The fourth-order valence-electron chi connectivity index (χ4n) is 1.51. The summed E-state index contributed by atoms with van der Waals surface area (Å²) in [5, 5.41) is 17.5. The van der Waals surface area contributed by atoms with Gasteiger partial charge in [-0.25, -0.2) is 0 Å². The van der Waals surface area contributed by atoms with Gasteiger partial charge in [-0.05, 0) is 25.0 Å². The van der Waals surface area contributed by atoms with E-state index < -0.39 is 0 Å². The number of hydrogen-bond acceptors (Lipinski definition) is 5. The summed E-state index contributed by atoms with van der Waals surface area (Å²) in [4.78, 5) is 1.94. The third-order valence-corrected chi connectivity index (χ3v) is 3.03. The summed E-state index contributed by atoms with van der Waals surface area (Å²) in [5.41, 5.74) is 1.89. The van der Waals surface area contributed by atoms with Crippen molar-refractivity contribution in [3.8, 4) is 0 Å². The summed E-state index contributed by atoms with van der Waals surface area (Å²) in [7, 11) is 1.64. The molecule has 0 saturated heterocycles. The highest BCUT2D eigenvalue weighted by molar-refractivity contribution is 6.30. The van der Waals surface area contributed by atoms with Crippen LogP contribution >= 0.6 is 11.6 Å². The molecule has 0 amide bonds. The summed E-state index contributed by atoms with van der Waals surface area (Å²) >= 11 is 5.91. The van der Waals surface area contributed by atoms with E-state index in [2.05, 4.69) is 10.2 Å². The molecule has 1 rings (SSSR count). The first-order valence-corrected chi connectivity index (χ1v) is 5.83. The van der Waals surface area contributed by atoms with Gasteiger partial charge in [0.25, 0.3) is 0 Å². The summed E-state index contributed by atoms with van der Waals surface area (Å²) in [5.74, 6) is 0.748. The van der Waals surface area contributed by atoms with Gasteiger partial charge in [0.15, 0.2) is 11.0 Å². The highest BCUT2D eigenvalue weighted by Gasteiger charge is 2.14. The summed E-state index contributed by atoms with van der Waals surface area (Å²) < 4.78 is 5.04. The van der Waals surface area contributed by atoms with Crippen LogP contribution in [0.5, 0.6) is 0 Å². The maximum atomic E-state index is 9.06. The second-order valence-corrected chi connectivity index (χ2v) is 4.13. The molecule has 1 aromatic heterocycles. The minimum atomic E-state index is 0.0620. The lowest BCUT2D eigenvalue weighted by atomic mass is 10.2. The number of aliphatic hydroxyl groups is 1. The minimum absolute atomic E-state index is 0.0620. The predicted octanol–water partition coefficient (Wildman–Crippen LogP) is 1.19. The zero-order chi connectivity index (χ0) is 12.8. The molecule has 5 nitrogen and oxygen atoms in total. The number of anilines is 1. The number of nitrogens with zero attached hydrogens (tertiary/aromatic N) is 3. The molecule has 1 N–H and O–H groups in total. The zero-order valence-electron chi connectivity index (χ0n) is 10.4. The summed E-state index contributed by atoms with van der Waals surface area (Å²) in [6.45, 7) is 5.65. The number of hydrogen-bond donors (Lipinski definition) is 1. The van der Waals surface area contributed by atoms with E-state index in [9.17, 15) is 0 Å². The minimum Gasteiger partial charge on any atom is -0.395 e. The van der Waals surface area contributed by atoms with Gasteiger partial charge >= 0.3 is 0 Å². The Hall–Kier alpha value is -0.910. The maximum absolute atomic E-state index is 9.06. The van der Waals surface area contributed by atoms with Gasteiger partial charge in [-0.1, -0.05) is 11.6 Å². The van der Waals surface area contributed by atoms with Gasteiger partial charge < -0.3 is 14.7 Å². The number of aliphatic hydroxyl groups excluding tert-OH is 1. The fraction of sp³-hybridized carbons (Fsp3) is 0.636. The molecule has 1 heterocycles. The SMILES string of the molecule is COCCN(CCO)c1nnc(Cl)c(C)c1C. The molecule has 0 atom stereocenters. The monoisotopic (exact) mass is 259 g/mol. The Balaban J connectivity index is 2.97. The van der Waals surface area contributed by atoms with Crippen LogP contribution in [0.2, 0.25) is 5.15 Å². The van der Waals surface area contributed by atoms with E-state index in [0.717, 1.165) is 16.9 Å². The highest BCUT2D eigenvalue weighted by Crippen LogP contribution is 2.23. The Kier molecular flexibility index (Phi) is 5.61. The third kappa shape index (κ3) is 3.52. The Morgan fingerprint density at radius 2 is 1.94 bits per heavy atom. The van der Waals surface area contributed by atoms with Crippen LogP contribution in [0.4, 0.5) is 5.82 Å². The van der Waals surface area contributed by atoms with Crippen LogP contribution in [0.1, 0.15) is 11.1 Å². The number of aromatic nitrogens is 2. The van der Waals surface area contributed by atoms with Crippen molar-refractivity contribution in [1.29, 1.82) is 0 Å². The first-order valence-electron chi connectivity index (χ1n) is 5.46. The lowest BCUT2D eigenvalue weighted by molar-refractivity contribution is 0.202. The molecule has 96 valence electrons. The van der Waals surface area contributed by atoms with Crippen LogP contribution < -0.4 is 4.90 Å². The van der Waals surface area contributed by atoms with E-state index in [4.69, 9.17) is 21.4 Å². The van der Waals surface area contributed by atoms with Crippen molar-refractivity contribution < 1.29 is 9.84 Å². The molecule has 0 bridgehead atoms. The van der Waals surface area contributed by atoms with Crippen molar-refractivity contribution in [2.45, 2.75) is 13.8 Å². The van der Waals surface area contributed by atoms with Gasteiger partial charge in [-0.15, -0.1) is 10.2 Å². The van der Waals surface area contributed by atoms with Gasteiger partial charge in [0.05, 0.1) is 13.2 Å². The first kappa shape index (κ1) is 14.2. The first-order chi connectivity index (χ1) is 8.11. The normalized spacial score (nSPS) is 10.6. The van der Waals surface area contributed by atoms with E-state index >= 15 is 0 Å². The Morgan fingerprint density at radius 3 is 2.53 bits per heavy atom. The van der Waals surface area contributed by atoms with E-state index in [1.54, 1.807) is 7.11 Å². The molecule has 1 aromatic rings. The Labute approximate surface area is 106 Å². The van der Waals surface area contributed by atoms with Crippen molar-refractivity contribution >= 4 is 17.4 Å². The largest absolute Gasteiger partial charge is 0.395 e. The second-order valence-electron chi connectivity index (χ2n) is 3.77. The van der Waals surface area contributed by atoms with Gasteiger partial charge in [0.2, 0.25) is 0 Å². The highest BCUT2D eigenvalue weighted by atomic mass is 35.5. The van der Waals surface area contributed by atoms with Crippen molar-refractivity contribution in [2.75, 3.05) is 38.3 Å². The van der Waals surface area contributed by atoms with E-state index in [1.807, 2.05) is 18.7 Å². The fourth-order valence-corrected chi connectivity index (χ4v) is 1.69. The third-order valence-electron chi connectivity index (χ3n) is 2.67. The molecular formula is C11H18ClN3O2. The van der Waals surface area contributed by atoms with E-state index in [0.29, 0.717) is 24.8 Å². The molecule has 0 radical (unpaired) electrons. The summed E-state index contributed by atoms with van der Waals surface area (Å²) in [6.07, 6.45) is 0. The number of rotatable bonds is 6. The quantitative estimate of drug-likeness (QED) is 0.832. The van der Waals surface area contributed by atoms with Gasteiger partial charge in [-0.2, -0.15) is 0 Å². The molecule has 0 saturated carbocycles. The van der Waals surface area contributed by atoms with E-state index in [-0.39, 0.29) is 6.61 Å². The molecule has 0 aromatic carbocycles. The van der Waals surface area contributed by atoms with Crippen molar-refractivity contribution in [3.63, 3.8) is 0 Å². The molecule has 6 heteroatoms. The number of ether oxygens (including phenoxy) is 1. The Bertz CT molecular complexity index is 374. The van der Waals surface area contributed by atoms with Crippen LogP contribution in [-0.2, 0) is 4.74 Å². The topological polar surface area (TPSA) is 58.5 Å². The second kappa shape index (κ2) is 6.74. The molecule has 0 aliphatic carbocycles. The molecular weight excluding hydrogens is 242 g/mol. The average Bonchev–Trinajstić information content (AvgIpc) is 2.32. The molecule has 0 fully saturated rings. The van der Waals surface area contributed by atoms with E-state index in [1.165, 1.54) is 0 Å². The number of methoxy groups -OCH3 is 1. The molecule has 0 unspecified atom stereocenters. The van der Waals surface area contributed by atoms with Gasteiger partial charge in [0, 0.05) is 20.2 Å². The lowest BCUT2D eigenvalue weighted by Gasteiger charge is -2.24. The standard InChI is InChI=1S/C11H18ClN3O2/c1-8-9(2)11(14-13-10(8)12)15(4-6-16)5-7-17-3/h16H,4-7H2,1-3H3. The Morgan fingerprint density at radius 1 is 1.24 bits per heavy atom. The predicted molar refractivity (Wildman–Crippen MR) is 67.7 cm³/mol. The van der Waals surface area contributed by atoms with Crippen molar-refractivity contribution in [2.24, 2.45) is 0 Å². The lowest BCUT2D eigenvalue weighted by Crippen LogP contribution is -2.32. The van der Waals surface area contributed by atoms with Crippen molar-refractivity contribution in [1.82, 2.24) is 10.2 Å².